The predicted octanol–water partition coefficient (Wildman–Crippen LogP) is 3.78. The lowest BCUT2D eigenvalue weighted by molar-refractivity contribution is -0.128. The third kappa shape index (κ3) is 4.84. The molecule has 0 radical (unpaired) electrons. The van der Waals surface area contributed by atoms with E-state index in [9.17, 15) is 9.59 Å². The predicted molar refractivity (Wildman–Crippen MR) is 95.3 cm³/mol. The van der Waals surface area contributed by atoms with E-state index in [1.54, 1.807) is 24.3 Å². The SMILES string of the molecule is COc1ccc(/C=C/C(=O)Oc2ccc(C(=O)O)cc2Br)cc1OC. The number of rotatable bonds is 6. The van der Waals surface area contributed by atoms with Gasteiger partial charge in [-0.2, -0.15) is 0 Å². The number of hydrogen-bond donors (Lipinski definition) is 1. The summed E-state index contributed by atoms with van der Waals surface area (Å²) in [5.41, 5.74) is 0.822. The molecule has 0 fully saturated rings. The summed E-state index contributed by atoms with van der Waals surface area (Å²) in [5.74, 6) is -0.299. The second kappa shape index (κ2) is 8.34. The minimum atomic E-state index is -1.06. The smallest absolute Gasteiger partial charge is 0.336 e. The van der Waals surface area contributed by atoms with Gasteiger partial charge in [-0.15, -0.1) is 0 Å². The maximum Gasteiger partial charge on any atom is 0.336 e. The minimum absolute atomic E-state index is 0.0903. The van der Waals surface area contributed by atoms with Crippen LogP contribution in [0.2, 0.25) is 0 Å². The molecule has 0 unspecified atom stereocenters. The maximum atomic E-state index is 11.9. The van der Waals surface area contributed by atoms with Crippen LogP contribution in [0.5, 0.6) is 17.2 Å². The summed E-state index contributed by atoms with van der Waals surface area (Å²) < 4.78 is 15.9. The average molecular weight is 407 g/mol. The first-order valence-corrected chi connectivity index (χ1v) is 7.88. The highest BCUT2D eigenvalue weighted by atomic mass is 79.9. The molecule has 1 N–H and O–H groups in total. The number of benzene rings is 2. The minimum Gasteiger partial charge on any atom is -0.493 e. The zero-order valence-electron chi connectivity index (χ0n) is 13.5. The Balaban J connectivity index is 2.10. The molecule has 2 rings (SSSR count). The van der Waals surface area contributed by atoms with Gasteiger partial charge in [0.15, 0.2) is 11.5 Å². The van der Waals surface area contributed by atoms with Crippen molar-refractivity contribution in [3.63, 3.8) is 0 Å². The van der Waals surface area contributed by atoms with Crippen LogP contribution in [-0.2, 0) is 4.79 Å². The lowest BCUT2D eigenvalue weighted by atomic mass is 10.2. The number of ether oxygens (including phenoxy) is 3. The van der Waals surface area contributed by atoms with Crippen LogP contribution in [0.1, 0.15) is 15.9 Å². The summed E-state index contributed by atoms with van der Waals surface area (Å²) in [7, 11) is 3.07. The van der Waals surface area contributed by atoms with Crippen molar-refractivity contribution in [1.29, 1.82) is 0 Å². The molecule has 0 aliphatic heterocycles. The summed E-state index contributed by atoms with van der Waals surface area (Å²) in [6.45, 7) is 0. The molecule has 2 aromatic carbocycles. The summed E-state index contributed by atoms with van der Waals surface area (Å²) in [6, 6.07) is 9.35. The highest BCUT2D eigenvalue weighted by molar-refractivity contribution is 9.10. The zero-order valence-corrected chi connectivity index (χ0v) is 15.1. The number of carbonyl (C=O) groups is 2. The van der Waals surface area contributed by atoms with Gasteiger partial charge >= 0.3 is 11.9 Å². The topological polar surface area (TPSA) is 82.1 Å². The summed E-state index contributed by atoms with van der Waals surface area (Å²) in [4.78, 5) is 22.8. The van der Waals surface area contributed by atoms with Crippen molar-refractivity contribution in [2.45, 2.75) is 0 Å². The van der Waals surface area contributed by atoms with Gasteiger partial charge in [-0.1, -0.05) is 6.07 Å². The Morgan fingerprint density at radius 2 is 1.68 bits per heavy atom. The van der Waals surface area contributed by atoms with Crippen LogP contribution < -0.4 is 14.2 Å². The molecule has 0 saturated heterocycles. The second-order valence-electron chi connectivity index (χ2n) is 4.82. The van der Waals surface area contributed by atoms with Crippen LogP contribution in [0, 0.1) is 0 Å². The second-order valence-corrected chi connectivity index (χ2v) is 5.67. The van der Waals surface area contributed by atoms with E-state index in [-0.39, 0.29) is 11.3 Å². The molecule has 7 heteroatoms. The Bertz CT molecular complexity index is 828. The molecule has 130 valence electrons. The van der Waals surface area contributed by atoms with Crippen LogP contribution in [0.25, 0.3) is 6.08 Å². The molecule has 0 heterocycles. The van der Waals surface area contributed by atoms with Crippen molar-refractivity contribution in [2.24, 2.45) is 0 Å². The average Bonchev–Trinajstić information content (AvgIpc) is 2.61. The van der Waals surface area contributed by atoms with E-state index in [2.05, 4.69) is 15.9 Å². The van der Waals surface area contributed by atoms with Gasteiger partial charge in [0.05, 0.1) is 24.3 Å². The van der Waals surface area contributed by atoms with E-state index >= 15 is 0 Å². The molecule has 6 nitrogen and oxygen atoms in total. The van der Waals surface area contributed by atoms with E-state index in [4.69, 9.17) is 19.3 Å². The van der Waals surface area contributed by atoms with Crippen LogP contribution in [0.4, 0.5) is 0 Å². The van der Waals surface area contributed by atoms with Gasteiger partial charge in [-0.3, -0.25) is 0 Å². The van der Waals surface area contributed by atoms with Gasteiger partial charge in [0.1, 0.15) is 5.75 Å². The fourth-order valence-electron chi connectivity index (χ4n) is 1.98. The standard InChI is InChI=1S/C18H15BrO6/c1-23-15-6-3-11(9-16(15)24-2)4-8-17(20)25-14-7-5-12(18(21)22)10-13(14)19/h3-10H,1-2H3,(H,21,22)/b8-4+. The molecule has 0 atom stereocenters. The molecule has 0 aromatic heterocycles. The van der Waals surface area contributed by atoms with Crippen LogP contribution in [0.3, 0.4) is 0 Å². The number of carboxylic acid groups (broad SMARTS) is 1. The fraction of sp³-hybridized carbons (Fsp3) is 0.111. The first-order valence-electron chi connectivity index (χ1n) is 7.09. The number of hydrogen-bond acceptors (Lipinski definition) is 5. The number of carboxylic acids is 1. The fourth-order valence-corrected chi connectivity index (χ4v) is 2.44. The van der Waals surface area contributed by atoms with Crippen molar-refractivity contribution in [3.8, 4) is 17.2 Å². The largest absolute Gasteiger partial charge is 0.493 e. The lowest BCUT2D eigenvalue weighted by Crippen LogP contribution is -2.05. The molecule has 2 aromatic rings. The highest BCUT2D eigenvalue weighted by Gasteiger charge is 2.10. The van der Waals surface area contributed by atoms with E-state index in [0.717, 1.165) is 5.56 Å². The third-order valence-corrected chi connectivity index (χ3v) is 3.83. The first-order chi connectivity index (χ1) is 11.9. The molecule has 0 spiro atoms. The number of aromatic carboxylic acids is 1. The molecule has 25 heavy (non-hydrogen) atoms. The quantitative estimate of drug-likeness (QED) is 0.446. The van der Waals surface area contributed by atoms with Crippen molar-refractivity contribution in [3.05, 3.63) is 58.1 Å². The van der Waals surface area contributed by atoms with E-state index in [1.165, 1.54) is 38.5 Å². The molecule has 0 aliphatic carbocycles. The lowest BCUT2D eigenvalue weighted by Gasteiger charge is -2.07. The van der Waals surface area contributed by atoms with Crippen LogP contribution in [0.15, 0.2) is 46.9 Å². The van der Waals surface area contributed by atoms with E-state index in [0.29, 0.717) is 16.0 Å². The summed E-state index contributed by atoms with van der Waals surface area (Å²) in [5, 5.41) is 8.91. The van der Waals surface area contributed by atoms with Gasteiger partial charge in [0.25, 0.3) is 0 Å². The number of methoxy groups -OCH3 is 2. The van der Waals surface area contributed by atoms with Crippen LogP contribution >= 0.6 is 15.9 Å². The molecule has 0 bridgehead atoms. The van der Waals surface area contributed by atoms with E-state index < -0.39 is 11.9 Å². The number of carbonyl (C=O) groups excluding carboxylic acids is 1. The third-order valence-electron chi connectivity index (χ3n) is 3.21. The van der Waals surface area contributed by atoms with Crippen molar-refractivity contribution in [1.82, 2.24) is 0 Å². The van der Waals surface area contributed by atoms with Gasteiger partial charge in [0, 0.05) is 6.08 Å². The zero-order chi connectivity index (χ0) is 18.4. The van der Waals surface area contributed by atoms with Crippen molar-refractivity contribution >= 4 is 33.9 Å². The van der Waals surface area contributed by atoms with Crippen molar-refractivity contribution in [2.75, 3.05) is 14.2 Å². The van der Waals surface area contributed by atoms with Gasteiger partial charge < -0.3 is 19.3 Å². The van der Waals surface area contributed by atoms with Gasteiger partial charge in [-0.05, 0) is 57.9 Å². The van der Waals surface area contributed by atoms with Crippen molar-refractivity contribution < 1.29 is 28.9 Å². The molecular formula is C18H15BrO6. The Hall–Kier alpha value is -2.80. The van der Waals surface area contributed by atoms with E-state index in [1.807, 2.05) is 0 Å². The maximum absolute atomic E-state index is 11.9. The summed E-state index contributed by atoms with van der Waals surface area (Å²) in [6.07, 6.45) is 2.84. The highest BCUT2D eigenvalue weighted by Crippen LogP contribution is 2.28. The molecular weight excluding hydrogens is 392 g/mol. The van der Waals surface area contributed by atoms with Gasteiger partial charge in [0.2, 0.25) is 0 Å². The Kier molecular flexibility index (Phi) is 6.19. The Labute approximate surface area is 152 Å². The number of esters is 1. The van der Waals surface area contributed by atoms with Gasteiger partial charge in [-0.25, -0.2) is 9.59 Å². The summed E-state index contributed by atoms with van der Waals surface area (Å²) >= 11 is 3.18. The monoisotopic (exact) mass is 406 g/mol. The molecule has 0 aliphatic rings. The Morgan fingerprint density at radius 3 is 2.28 bits per heavy atom. The van der Waals surface area contributed by atoms with Crippen LogP contribution in [-0.4, -0.2) is 31.3 Å². The first kappa shape index (κ1) is 18.5. The molecule has 0 saturated carbocycles. The normalized spacial score (nSPS) is 10.5. The molecule has 0 amide bonds. The number of halogens is 1. The Morgan fingerprint density at radius 1 is 1.00 bits per heavy atom.